The van der Waals surface area contributed by atoms with Gasteiger partial charge in [0.1, 0.15) is 11.9 Å². The van der Waals surface area contributed by atoms with Crippen LogP contribution in [0.5, 0.6) is 0 Å². The van der Waals surface area contributed by atoms with Crippen molar-refractivity contribution in [2.45, 2.75) is 31.4 Å². The largest absolute Gasteiger partial charge is 0.370 e. The Bertz CT molecular complexity index is 644. The predicted octanol–water partition coefficient (Wildman–Crippen LogP) is 1.74. The van der Waals surface area contributed by atoms with E-state index in [9.17, 15) is 14.0 Å². The summed E-state index contributed by atoms with van der Waals surface area (Å²) in [5.41, 5.74) is 0.871. The number of carbonyl (C=O) groups excluding carboxylic acids is 2. The number of hydrogen-bond acceptors (Lipinski definition) is 3. The maximum absolute atomic E-state index is 13.1. The predicted molar refractivity (Wildman–Crippen MR) is 84.5 cm³/mol. The fourth-order valence-electron chi connectivity index (χ4n) is 3.62. The van der Waals surface area contributed by atoms with E-state index in [-0.39, 0.29) is 29.7 Å². The third-order valence-corrected chi connectivity index (χ3v) is 5.12. The quantitative estimate of drug-likeness (QED) is 0.847. The van der Waals surface area contributed by atoms with E-state index in [1.165, 1.54) is 12.1 Å². The van der Waals surface area contributed by atoms with Gasteiger partial charge < -0.3 is 14.5 Å². The number of nitrogens with zero attached hydrogens (tertiary/aromatic N) is 2. The number of rotatable bonds is 3. The second-order valence-corrected chi connectivity index (χ2v) is 6.87. The topological polar surface area (TPSA) is 49.9 Å². The third-order valence-electron chi connectivity index (χ3n) is 5.12. The Morgan fingerprint density at radius 1 is 1.17 bits per heavy atom. The van der Waals surface area contributed by atoms with E-state index in [1.807, 2.05) is 4.90 Å². The lowest BCUT2D eigenvalue weighted by Crippen LogP contribution is -2.45. The molecule has 0 radical (unpaired) electrons. The molecule has 2 heterocycles. The molecule has 4 rings (SSSR count). The van der Waals surface area contributed by atoms with Crippen LogP contribution >= 0.6 is 0 Å². The molecule has 0 bridgehead atoms. The van der Waals surface area contributed by atoms with Crippen LogP contribution in [0.3, 0.4) is 0 Å². The van der Waals surface area contributed by atoms with E-state index in [0.29, 0.717) is 38.7 Å². The second-order valence-electron chi connectivity index (χ2n) is 6.87. The fraction of sp³-hybridized carbons (Fsp3) is 0.556. The highest BCUT2D eigenvalue weighted by Crippen LogP contribution is 2.33. The molecular formula is C18H21FN2O3. The van der Waals surface area contributed by atoms with Gasteiger partial charge in [-0.1, -0.05) is 12.1 Å². The molecule has 3 aliphatic rings. The van der Waals surface area contributed by atoms with Crippen LogP contribution < -0.4 is 0 Å². The summed E-state index contributed by atoms with van der Waals surface area (Å²) in [6.07, 6.45) is 2.22. The zero-order valence-corrected chi connectivity index (χ0v) is 13.5. The van der Waals surface area contributed by atoms with Crippen LogP contribution in [0, 0.1) is 11.7 Å². The number of hydrogen-bond donors (Lipinski definition) is 0. The normalized spacial score (nSPS) is 27.6. The van der Waals surface area contributed by atoms with Crippen LogP contribution in [0.4, 0.5) is 4.39 Å². The number of likely N-dealkylation sites (tertiary alicyclic amines) is 1. The van der Waals surface area contributed by atoms with Gasteiger partial charge in [0, 0.05) is 25.6 Å². The van der Waals surface area contributed by atoms with Gasteiger partial charge in [-0.25, -0.2) is 4.39 Å². The van der Waals surface area contributed by atoms with Gasteiger partial charge in [-0.3, -0.25) is 9.59 Å². The summed E-state index contributed by atoms with van der Waals surface area (Å²) in [6, 6.07) is 6.57. The molecule has 24 heavy (non-hydrogen) atoms. The first-order valence-electron chi connectivity index (χ1n) is 8.57. The maximum Gasteiger partial charge on any atom is 0.228 e. The van der Waals surface area contributed by atoms with Crippen molar-refractivity contribution in [1.29, 1.82) is 0 Å². The van der Waals surface area contributed by atoms with Gasteiger partial charge in [0.25, 0.3) is 0 Å². The molecule has 1 aromatic carbocycles. The summed E-state index contributed by atoms with van der Waals surface area (Å²) in [5.74, 6) is -0.363. The molecule has 2 aliphatic heterocycles. The third kappa shape index (κ3) is 3.02. The average Bonchev–Trinajstić information content (AvgIpc) is 3.37. The summed E-state index contributed by atoms with van der Waals surface area (Å²) < 4.78 is 18.8. The first kappa shape index (κ1) is 15.6. The van der Waals surface area contributed by atoms with E-state index in [4.69, 9.17) is 4.74 Å². The molecule has 6 heteroatoms. The number of halogens is 1. The van der Waals surface area contributed by atoms with Gasteiger partial charge in [0.2, 0.25) is 11.8 Å². The minimum absolute atomic E-state index is 0.0434. The smallest absolute Gasteiger partial charge is 0.228 e. The molecule has 5 nitrogen and oxygen atoms in total. The van der Waals surface area contributed by atoms with Gasteiger partial charge in [-0.05, 0) is 30.5 Å². The molecule has 2 saturated heterocycles. The average molecular weight is 332 g/mol. The van der Waals surface area contributed by atoms with Crippen molar-refractivity contribution >= 4 is 11.8 Å². The maximum atomic E-state index is 13.1. The molecule has 1 saturated carbocycles. The number of morpholine rings is 1. The SMILES string of the molecule is O=C(C1CC(=O)N(C2CC2)C1)N1CCOC(c2ccc(F)cc2)C1. The standard InChI is InChI=1S/C18H21FN2O3/c19-14-3-1-12(2-4-14)16-11-20(7-8-24-16)18(23)13-9-17(22)21(10-13)15-5-6-15/h1-4,13,15-16H,5-11H2. The molecule has 2 amide bonds. The lowest BCUT2D eigenvalue weighted by molar-refractivity contribution is -0.143. The van der Waals surface area contributed by atoms with Gasteiger partial charge >= 0.3 is 0 Å². The molecular weight excluding hydrogens is 311 g/mol. The van der Waals surface area contributed by atoms with Gasteiger partial charge in [0.05, 0.1) is 19.1 Å². The van der Waals surface area contributed by atoms with Crippen LogP contribution in [-0.2, 0) is 14.3 Å². The van der Waals surface area contributed by atoms with E-state index < -0.39 is 0 Å². The van der Waals surface area contributed by atoms with Crippen molar-refractivity contribution in [2.75, 3.05) is 26.2 Å². The van der Waals surface area contributed by atoms with Crippen molar-refractivity contribution in [1.82, 2.24) is 9.80 Å². The number of benzene rings is 1. The number of amides is 2. The zero-order chi connectivity index (χ0) is 16.7. The van der Waals surface area contributed by atoms with Crippen molar-refractivity contribution in [3.05, 3.63) is 35.6 Å². The first-order valence-corrected chi connectivity index (χ1v) is 8.57. The van der Waals surface area contributed by atoms with Crippen molar-refractivity contribution in [2.24, 2.45) is 5.92 Å². The van der Waals surface area contributed by atoms with E-state index in [0.717, 1.165) is 18.4 Å². The van der Waals surface area contributed by atoms with Gasteiger partial charge in [0.15, 0.2) is 0 Å². The van der Waals surface area contributed by atoms with Crippen LogP contribution in [0.15, 0.2) is 24.3 Å². The lowest BCUT2D eigenvalue weighted by Gasteiger charge is -2.34. The molecule has 0 spiro atoms. The molecule has 0 N–H and O–H groups in total. The van der Waals surface area contributed by atoms with E-state index in [1.54, 1.807) is 17.0 Å². The Labute approximate surface area is 140 Å². The van der Waals surface area contributed by atoms with E-state index in [2.05, 4.69) is 0 Å². The summed E-state index contributed by atoms with van der Waals surface area (Å²) in [5, 5.41) is 0. The summed E-state index contributed by atoms with van der Waals surface area (Å²) in [4.78, 5) is 28.5. The highest BCUT2D eigenvalue weighted by atomic mass is 19.1. The van der Waals surface area contributed by atoms with Crippen molar-refractivity contribution in [3.8, 4) is 0 Å². The minimum atomic E-state index is -0.285. The van der Waals surface area contributed by atoms with Crippen LogP contribution in [-0.4, -0.2) is 53.9 Å². The highest BCUT2D eigenvalue weighted by Gasteiger charge is 2.43. The Kier molecular flexibility index (Phi) is 4.00. The Morgan fingerprint density at radius 2 is 1.92 bits per heavy atom. The monoisotopic (exact) mass is 332 g/mol. The molecule has 0 aromatic heterocycles. The molecule has 1 aliphatic carbocycles. The zero-order valence-electron chi connectivity index (χ0n) is 13.5. The Balaban J connectivity index is 1.41. The van der Waals surface area contributed by atoms with Gasteiger partial charge in [-0.2, -0.15) is 0 Å². The molecule has 1 aromatic rings. The first-order chi connectivity index (χ1) is 11.6. The Morgan fingerprint density at radius 3 is 2.62 bits per heavy atom. The Hall–Kier alpha value is -1.95. The van der Waals surface area contributed by atoms with Crippen LogP contribution in [0.1, 0.15) is 30.9 Å². The highest BCUT2D eigenvalue weighted by molar-refractivity contribution is 5.89. The van der Waals surface area contributed by atoms with Gasteiger partial charge in [-0.15, -0.1) is 0 Å². The van der Waals surface area contributed by atoms with Crippen LogP contribution in [0.25, 0.3) is 0 Å². The molecule has 3 fully saturated rings. The van der Waals surface area contributed by atoms with Crippen molar-refractivity contribution < 1.29 is 18.7 Å². The fourth-order valence-corrected chi connectivity index (χ4v) is 3.62. The van der Waals surface area contributed by atoms with Crippen molar-refractivity contribution in [3.63, 3.8) is 0 Å². The minimum Gasteiger partial charge on any atom is -0.370 e. The summed E-state index contributed by atoms with van der Waals surface area (Å²) in [6.45, 7) is 2.02. The lowest BCUT2D eigenvalue weighted by atomic mass is 10.0. The summed E-state index contributed by atoms with van der Waals surface area (Å²) >= 11 is 0. The number of carbonyl (C=O) groups is 2. The molecule has 2 atom stereocenters. The second kappa shape index (κ2) is 6.16. The van der Waals surface area contributed by atoms with Crippen LogP contribution in [0.2, 0.25) is 0 Å². The summed E-state index contributed by atoms with van der Waals surface area (Å²) in [7, 11) is 0. The van der Waals surface area contributed by atoms with E-state index >= 15 is 0 Å². The number of ether oxygens (including phenoxy) is 1. The molecule has 128 valence electrons. The molecule has 2 unspecified atom stereocenters.